The van der Waals surface area contributed by atoms with Crippen molar-refractivity contribution in [2.75, 3.05) is 13.2 Å². The predicted molar refractivity (Wildman–Crippen MR) is 49.7 cm³/mol. The molecule has 1 aromatic heterocycles. The first-order valence-corrected chi connectivity index (χ1v) is 4.76. The molecule has 1 aromatic rings. The Balaban J connectivity index is 2.25. The average molecular weight is 183 g/mol. The molecule has 5 heteroatoms. The number of aromatic nitrogens is 1. The summed E-state index contributed by atoms with van der Waals surface area (Å²) in [6, 6.07) is 0. The highest BCUT2D eigenvalue weighted by atomic mass is 32.1. The molecule has 1 saturated heterocycles. The first-order valence-electron chi connectivity index (χ1n) is 3.94. The van der Waals surface area contributed by atoms with E-state index in [1.165, 1.54) is 0 Å². The molecule has 0 N–H and O–H groups in total. The van der Waals surface area contributed by atoms with Crippen LogP contribution in [0.1, 0.15) is 16.9 Å². The van der Waals surface area contributed by atoms with E-state index in [2.05, 4.69) is 4.98 Å². The largest absolute Gasteiger partial charge is 0.345 e. The SMILES string of the molecule is Bc1nc(C)c(C2OCCO2)s1. The molecule has 0 spiro atoms. The van der Waals surface area contributed by atoms with Gasteiger partial charge in [0.15, 0.2) is 14.1 Å². The maximum atomic E-state index is 5.38. The molecular weight excluding hydrogens is 173 g/mol. The van der Waals surface area contributed by atoms with Crippen LogP contribution in [0.15, 0.2) is 0 Å². The Morgan fingerprint density at radius 2 is 2.17 bits per heavy atom. The van der Waals surface area contributed by atoms with Gasteiger partial charge in [0.1, 0.15) is 0 Å². The molecule has 64 valence electrons. The van der Waals surface area contributed by atoms with Crippen molar-refractivity contribution in [1.29, 1.82) is 0 Å². The first kappa shape index (κ1) is 8.22. The van der Waals surface area contributed by atoms with Gasteiger partial charge in [0.25, 0.3) is 0 Å². The molecule has 2 heterocycles. The van der Waals surface area contributed by atoms with Gasteiger partial charge in [-0.05, 0) is 6.92 Å². The van der Waals surface area contributed by atoms with Gasteiger partial charge in [0, 0.05) is 4.91 Å². The summed E-state index contributed by atoms with van der Waals surface area (Å²) < 4.78 is 10.8. The summed E-state index contributed by atoms with van der Waals surface area (Å²) in [5.74, 6) is 0. The molecule has 1 aliphatic heterocycles. The van der Waals surface area contributed by atoms with Crippen LogP contribution in [0, 0.1) is 6.92 Å². The number of hydrogen-bond acceptors (Lipinski definition) is 4. The Labute approximate surface area is 76.1 Å². The lowest BCUT2D eigenvalue weighted by Crippen LogP contribution is -1.97. The minimum absolute atomic E-state index is 0.156. The van der Waals surface area contributed by atoms with Crippen molar-refractivity contribution < 1.29 is 9.47 Å². The van der Waals surface area contributed by atoms with Crippen LogP contribution < -0.4 is 4.91 Å². The number of thiazole rings is 1. The smallest absolute Gasteiger partial charge is 0.195 e. The number of hydrogen-bond donors (Lipinski definition) is 0. The lowest BCUT2D eigenvalue weighted by Gasteiger charge is -2.05. The van der Waals surface area contributed by atoms with Crippen LogP contribution in [0.2, 0.25) is 0 Å². The zero-order chi connectivity index (χ0) is 8.55. The Kier molecular flexibility index (Phi) is 2.17. The van der Waals surface area contributed by atoms with Gasteiger partial charge in [-0.25, -0.2) is 0 Å². The summed E-state index contributed by atoms with van der Waals surface area (Å²) in [5, 5.41) is 0. The lowest BCUT2D eigenvalue weighted by molar-refractivity contribution is -0.0418. The maximum Gasteiger partial charge on any atom is 0.195 e. The van der Waals surface area contributed by atoms with Crippen LogP contribution in [-0.4, -0.2) is 26.0 Å². The second kappa shape index (κ2) is 3.16. The normalized spacial score (nSPS) is 18.8. The number of aryl methyl sites for hydroxylation is 1. The summed E-state index contributed by atoms with van der Waals surface area (Å²) in [7, 11) is 2.00. The van der Waals surface area contributed by atoms with E-state index in [4.69, 9.17) is 9.47 Å². The molecule has 0 amide bonds. The Morgan fingerprint density at radius 1 is 1.50 bits per heavy atom. The average Bonchev–Trinajstić information content (AvgIpc) is 2.58. The van der Waals surface area contributed by atoms with E-state index < -0.39 is 0 Å². The first-order chi connectivity index (χ1) is 5.77. The molecule has 0 atom stereocenters. The third-order valence-electron chi connectivity index (χ3n) is 1.78. The van der Waals surface area contributed by atoms with Crippen molar-refractivity contribution in [3.8, 4) is 0 Å². The van der Waals surface area contributed by atoms with Crippen molar-refractivity contribution in [1.82, 2.24) is 4.98 Å². The van der Waals surface area contributed by atoms with Crippen LogP contribution in [0.25, 0.3) is 0 Å². The van der Waals surface area contributed by atoms with Gasteiger partial charge in [0.05, 0.1) is 23.8 Å². The quantitative estimate of drug-likeness (QED) is 0.563. The van der Waals surface area contributed by atoms with Gasteiger partial charge >= 0.3 is 0 Å². The number of rotatable bonds is 1. The molecule has 0 saturated carbocycles. The van der Waals surface area contributed by atoms with Crippen molar-refractivity contribution in [2.45, 2.75) is 13.2 Å². The standard InChI is InChI=1S/C7H10BNO2S/c1-4-5(12-7(8)9-4)6-10-2-3-11-6/h6H,2-3,8H2,1H3. The van der Waals surface area contributed by atoms with Crippen LogP contribution >= 0.6 is 11.3 Å². The predicted octanol–water partition coefficient (Wildman–Crippen LogP) is -0.245. The minimum Gasteiger partial charge on any atom is -0.345 e. The topological polar surface area (TPSA) is 31.4 Å². The Morgan fingerprint density at radius 3 is 2.67 bits per heavy atom. The van der Waals surface area contributed by atoms with Gasteiger partial charge in [-0.1, -0.05) is 0 Å². The van der Waals surface area contributed by atoms with Gasteiger partial charge in [0.2, 0.25) is 0 Å². The third-order valence-corrected chi connectivity index (χ3v) is 2.87. The highest BCUT2D eigenvalue weighted by Gasteiger charge is 2.22. The van der Waals surface area contributed by atoms with E-state index in [-0.39, 0.29) is 6.29 Å². The highest BCUT2D eigenvalue weighted by Crippen LogP contribution is 2.27. The Hall–Kier alpha value is -0.385. The van der Waals surface area contributed by atoms with Crippen molar-refractivity contribution in [3.63, 3.8) is 0 Å². The van der Waals surface area contributed by atoms with Crippen LogP contribution in [0.4, 0.5) is 0 Å². The van der Waals surface area contributed by atoms with E-state index in [0.717, 1.165) is 15.5 Å². The number of nitrogens with zero attached hydrogens (tertiary/aromatic N) is 1. The monoisotopic (exact) mass is 183 g/mol. The highest BCUT2D eigenvalue weighted by molar-refractivity contribution is 7.19. The summed E-state index contributed by atoms with van der Waals surface area (Å²) in [5.41, 5.74) is 1.03. The van der Waals surface area contributed by atoms with E-state index >= 15 is 0 Å². The zero-order valence-corrected chi connectivity index (χ0v) is 7.98. The summed E-state index contributed by atoms with van der Waals surface area (Å²) in [6.07, 6.45) is -0.156. The summed E-state index contributed by atoms with van der Waals surface area (Å²) >= 11 is 1.65. The van der Waals surface area contributed by atoms with Crippen LogP contribution in [0.5, 0.6) is 0 Å². The maximum absolute atomic E-state index is 5.38. The molecule has 0 unspecified atom stereocenters. The number of ether oxygens (including phenoxy) is 2. The Bertz CT molecular complexity index is 283. The third kappa shape index (κ3) is 1.40. The summed E-state index contributed by atoms with van der Waals surface area (Å²) in [4.78, 5) is 6.50. The van der Waals surface area contributed by atoms with Crippen molar-refractivity contribution in [2.24, 2.45) is 0 Å². The second-order valence-electron chi connectivity index (χ2n) is 2.76. The van der Waals surface area contributed by atoms with Gasteiger partial charge in [-0.15, -0.1) is 11.3 Å². The lowest BCUT2D eigenvalue weighted by atomic mass is 10.2. The zero-order valence-electron chi connectivity index (χ0n) is 7.16. The van der Waals surface area contributed by atoms with E-state index in [1.54, 1.807) is 11.3 Å². The summed E-state index contributed by atoms with van der Waals surface area (Å²) in [6.45, 7) is 3.38. The van der Waals surface area contributed by atoms with Crippen LogP contribution in [-0.2, 0) is 9.47 Å². The molecular formula is C7H10BNO2S. The molecule has 0 radical (unpaired) electrons. The van der Waals surface area contributed by atoms with Gasteiger partial charge in [-0.3, -0.25) is 4.98 Å². The molecule has 12 heavy (non-hydrogen) atoms. The second-order valence-corrected chi connectivity index (χ2v) is 3.99. The van der Waals surface area contributed by atoms with E-state index in [1.807, 2.05) is 14.8 Å². The van der Waals surface area contributed by atoms with Crippen molar-refractivity contribution in [3.05, 3.63) is 10.6 Å². The van der Waals surface area contributed by atoms with Gasteiger partial charge < -0.3 is 9.47 Å². The molecule has 0 bridgehead atoms. The fraction of sp³-hybridized carbons (Fsp3) is 0.571. The van der Waals surface area contributed by atoms with Crippen LogP contribution in [0.3, 0.4) is 0 Å². The van der Waals surface area contributed by atoms with Gasteiger partial charge in [-0.2, -0.15) is 0 Å². The fourth-order valence-corrected chi connectivity index (χ4v) is 2.20. The molecule has 2 rings (SSSR count). The molecule has 3 nitrogen and oxygen atoms in total. The van der Waals surface area contributed by atoms with Crippen molar-refractivity contribution >= 4 is 24.1 Å². The molecule has 0 aliphatic carbocycles. The molecule has 0 aromatic carbocycles. The molecule has 1 fully saturated rings. The van der Waals surface area contributed by atoms with E-state index in [0.29, 0.717) is 13.2 Å². The van der Waals surface area contributed by atoms with E-state index in [9.17, 15) is 0 Å². The minimum atomic E-state index is -0.156. The fourth-order valence-electron chi connectivity index (χ4n) is 1.28. The molecule has 1 aliphatic rings.